The van der Waals surface area contributed by atoms with Crippen molar-refractivity contribution in [1.29, 1.82) is 0 Å². The average molecular weight is 250 g/mol. The number of hydrogen-bond donors (Lipinski definition) is 3. The topological polar surface area (TPSA) is 132 Å². The number of anilines is 2. The highest BCUT2D eigenvalue weighted by molar-refractivity contribution is 5.59. The van der Waals surface area contributed by atoms with Gasteiger partial charge in [0, 0.05) is 12.1 Å². The molecule has 0 atom stereocenters. The molecule has 9 nitrogen and oxygen atoms in total. The summed E-state index contributed by atoms with van der Waals surface area (Å²) < 4.78 is 4.65. The van der Waals surface area contributed by atoms with E-state index in [0.717, 1.165) is 0 Å². The maximum Gasteiger partial charge on any atom is 0.311 e. The third-order valence-electron chi connectivity index (χ3n) is 2.15. The molecule has 0 aliphatic carbocycles. The van der Waals surface area contributed by atoms with Crippen LogP contribution in [0, 0.1) is 10.1 Å². The van der Waals surface area contributed by atoms with Crippen LogP contribution in [0.2, 0.25) is 0 Å². The van der Waals surface area contributed by atoms with Crippen molar-refractivity contribution in [2.24, 2.45) is 5.84 Å². The highest BCUT2D eigenvalue weighted by Gasteiger charge is 2.15. The smallest absolute Gasteiger partial charge is 0.311 e. The summed E-state index contributed by atoms with van der Waals surface area (Å²) in [6.07, 6.45) is 1.41. The molecule has 0 aromatic carbocycles. The first-order chi connectivity index (χ1) is 8.70. The second kappa shape index (κ2) is 5.10. The van der Waals surface area contributed by atoms with Crippen LogP contribution in [0.15, 0.2) is 29.0 Å². The summed E-state index contributed by atoms with van der Waals surface area (Å²) >= 11 is 0. The van der Waals surface area contributed by atoms with Gasteiger partial charge in [-0.15, -0.1) is 0 Å². The molecule has 0 bridgehead atoms. The highest BCUT2D eigenvalue weighted by atomic mass is 16.6. The molecule has 4 N–H and O–H groups in total. The van der Waals surface area contributed by atoms with Crippen molar-refractivity contribution in [1.82, 2.24) is 10.1 Å². The van der Waals surface area contributed by atoms with E-state index in [1.165, 1.54) is 18.4 Å². The molecule has 0 amide bonds. The van der Waals surface area contributed by atoms with E-state index in [0.29, 0.717) is 11.5 Å². The van der Waals surface area contributed by atoms with Crippen molar-refractivity contribution < 1.29 is 9.45 Å². The Labute approximate surface area is 101 Å². The van der Waals surface area contributed by atoms with Crippen LogP contribution in [0.25, 0.3) is 0 Å². The molecular weight excluding hydrogens is 240 g/mol. The van der Waals surface area contributed by atoms with Gasteiger partial charge in [-0.05, 0) is 6.07 Å². The number of nitrogens with one attached hydrogen (secondary N) is 2. The summed E-state index contributed by atoms with van der Waals surface area (Å²) in [7, 11) is 0. The fraction of sp³-hybridized carbons (Fsp3) is 0.111. The molecule has 2 rings (SSSR count). The largest absolute Gasteiger partial charge is 0.364 e. The molecule has 0 aliphatic heterocycles. The lowest BCUT2D eigenvalue weighted by atomic mass is 10.3. The van der Waals surface area contributed by atoms with E-state index in [-0.39, 0.29) is 18.1 Å². The van der Waals surface area contributed by atoms with E-state index in [2.05, 4.69) is 25.4 Å². The van der Waals surface area contributed by atoms with Gasteiger partial charge < -0.3 is 15.3 Å². The van der Waals surface area contributed by atoms with Gasteiger partial charge in [-0.1, -0.05) is 5.16 Å². The number of hydrazine groups is 1. The second-order valence-corrected chi connectivity index (χ2v) is 3.31. The van der Waals surface area contributed by atoms with Crippen molar-refractivity contribution in [2.45, 2.75) is 6.54 Å². The Morgan fingerprint density at radius 3 is 2.89 bits per heavy atom. The van der Waals surface area contributed by atoms with Crippen molar-refractivity contribution in [3.63, 3.8) is 0 Å². The Bertz CT molecular complexity index is 541. The molecule has 0 aliphatic rings. The van der Waals surface area contributed by atoms with Gasteiger partial charge in [0.15, 0.2) is 0 Å². The van der Waals surface area contributed by atoms with Crippen molar-refractivity contribution in [3.05, 3.63) is 40.3 Å². The number of nitro groups is 1. The van der Waals surface area contributed by atoms with E-state index < -0.39 is 4.92 Å². The van der Waals surface area contributed by atoms with Gasteiger partial charge in [0.25, 0.3) is 0 Å². The summed E-state index contributed by atoms with van der Waals surface area (Å²) in [4.78, 5) is 14.3. The molecule has 2 aromatic rings. The van der Waals surface area contributed by atoms with Crippen LogP contribution < -0.4 is 16.6 Å². The fourth-order valence-corrected chi connectivity index (χ4v) is 1.31. The van der Waals surface area contributed by atoms with Gasteiger partial charge >= 0.3 is 5.69 Å². The van der Waals surface area contributed by atoms with Gasteiger partial charge in [0.05, 0.1) is 11.5 Å². The fourth-order valence-electron chi connectivity index (χ4n) is 1.31. The molecule has 0 radical (unpaired) electrons. The van der Waals surface area contributed by atoms with E-state index >= 15 is 0 Å². The molecule has 2 aromatic heterocycles. The second-order valence-electron chi connectivity index (χ2n) is 3.31. The summed E-state index contributed by atoms with van der Waals surface area (Å²) in [5.41, 5.74) is 2.79. The molecular formula is C9H10N6O3. The summed E-state index contributed by atoms with van der Waals surface area (Å²) in [5, 5.41) is 17.3. The zero-order valence-corrected chi connectivity index (χ0v) is 9.16. The van der Waals surface area contributed by atoms with Crippen LogP contribution in [0.4, 0.5) is 17.3 Å². The molecule has 0 unspecified atom stereocenters. The van der Waals surface area contributed by atoms with Crippen molar-refractivity contribution in [3.8, 4) is 0 Å². The van der Waals surface area contributed by atoms with Gasteiger partial charge in [-0.2, -0.15) is 0 Å². The molecule has 94 valence electrons. The highest BCUT2D eigenvalue weighted by Crippen LogP contribution is 2.23. The van der Waals surface area contributed by atoms with Gasteiger partial charge in [-0.25, -0.2) is 10.8 Å². The zero-order chi connectivity index (χ0) is 13.0. The Morgan fingerprint density at radius 1 is 1.44 bits per heavy atom. The minimum atomic E-state index is -0.529. The van der Waals surface area contributed by atoms with Gasteiger partial charge in [0.2, 0.25) is 5.82 Å². The van der Waals surface area contributed by atoms with Crippen LogP contribution in [-0.4, -0.2) is 15.1 Å². The third-order valence-corrected chi connectivity index (χ3v) is 2.15. The Kier molecular flexibility index (Phi) is 3.34. The number of rotatable bonds is 5. The van der Waals surface area contributed by atoms with Crippen LogP contribution in [0.3, 0.4) is 0 Å². The Morgan fingerprint density at radius 2 is 2.28 bits per heavy atom. The van der Waals surface area contributed by atoms with E-state index in [4.69, 9.17) is 5.84 Å². The van der Waals surface area contributed by atoms with Crippen molar-refractivity contribution >= 4 is 17.3 Å². The minimum absolute atomic E-state index is 0.110. The molecule has 0 saturated carbocycles. The normalized spacial score (nSPS) is 10.1. The summed E-state index contributed by atoms with van der Waals surface area (Å²) in [5.74, 6) is 5.63. The average Bonchev–Trinajstić information content (AvgIpc) is 2.88. The number of nitrogens with two attached hydrogens (primary N) is 1. The van der Waals surface area contributed by atoms with Crippen LogP contribution in [-0.2, 0) is 6.54 Å². The lowest BCUT2D eigenvalue weighted by molar-refractivity contribution is -0.384. The Balaban J connectivity index is 2.20. The maximum absolute atomic E-state index is 10.8. The number of pyridine rings is 1. The SMILES string of the molecule is NNc1ccc([N+](=O)[O-])c(NCc2ccon2)n1. The minimum Gasteiger partial charge on any atom is -0.364 e. The van der Waals surface area contributed by atoms with Crippen molar-refractivity contribution in [2.75, 3.05) is 10.7 Å². The van der Waals surface area contributed by atoms with Gasteiger partial charge in [-0.3, -0.25) is 10.1 Å². The predicted octanol–water partition coefficient (Wildman–Crippen LogP) is 0.875. The van der Waals surface area contributed by atoms with E-state index in [9.17, 15) is 10.1 Å². The summed E-state index contributed by atoms with van der Waals surface area (Å²) in [6, 6.07) is 4.37. The van der Waals surface area contributed by atoms with E-state index in [1.807, 2.05) is 0 Å². The maximum atomic E-state index is 10.8. The standard InChI is InChI=1S/C9H10N6O3/c10-13-8-2-1-7(15(16)17)9(12-8)11-5-6-3-4-18-14-6/h1-4H,5,10H2,(H2,11,12,13). The Hall–Kier alpha value is -2.68. The lowest BCUT2D eigenvalue weighted by Gasteiger charge is -2.06. The molecule has 0 saturated heterocycles. The number of nitrogens with zero attached hydrogens (tertiary/aromatic N) is 3. The first kappa shape index (κ1) is 11.8. The first-order valence-corrected chi connectivity index (χ1v) is 4.96. The monoisotopic (exact) mass is 250 g/mol. The lowest BCUT2D eigenvalue weighted by Crippen LogP contribution is -2.11. The molecule has 0 spiro atoms. The van der Waals surface area contributed by atoms with Gasteiger partial charge in [0.1, 0.15) is 17.8 Å². The summed E-state index contributed by atoms with van der Waals surface area (Å²) in [6.45, 7) is 0.262. The predicted molar refractivity (Wildman–Crippen MR) is 62.5 cm³/mol. The first-order valence-electron chi connectivity index (χ1n) is 4.96. The molecule has 9 heteroatoms. The molecule has 18 heavy (non-hydrogen) atoms. The number of nitrogen functional groups attached to an aromatic ring is 1. The van der Waals surface area contributed by atoms with Crippen LogP contribution in [0.5, 0.6) is 0 Å². The van der Waals surface area contributed by atoms with Crippen LogP contribution in [0.1, 0.15) is 5.69 Å². The third kappa shape index (κ3) is 2.52. The molecule has 0 fully saturated rings. The quantitative estimate of drug-likeness (QED) is 0.404. The number of aromatic nitrogens is 2. The van der Waals surface area contributed by atoms with E-state index in [1.54, 1.807) is 6.07 Å². The molecule has 2 heterocycles. The van der Waals surface area contributed by atoms with Crippen LogP contribution >= 0.6 is 0 Å². The number of hydrogen-bond acceptors (Lipinski definition) is 8. The zero-order valence-electron chi connectivity index (χ0n) is 9.16.